The molecule has 31 heavy (non-hydrogen) atoms. The Morgan fingerprint density at radius 2 is 1.94 bits per heavy atom. The third-order valence-electron chi connectivity index (χ3n) is 5.70. The molecule has 1 fully saturated rings. The van der Waals surface area contributed by atoms with E-state index >= 15 is 0 Å². The molecule has 0 N–H and O–H groups in total. The number of carbonyl (C=O) groups excluding carboxylic acids is 2. The van der Waals surface area contributed by atoms with Gasteiger partial charge in [-0.25, -0.2) is 0 Å². The predicted molar refractivity (Wildman–Crippen MR) is 125 cm³/mol. The van der Waals surface area contributed by atoms with Crippen LogP contribution in [0.3, 0.4) is 0 Å². The van der Waals surface area contributed by atoms with Crippen molar-refractivity contribution in [3.8, 4) is 5.75 Å². The van der Waals surface area contributed by atoms with Crippen LogP contribution in [0.25, 0.3) is 10.2 Å². The van der Waals surface area contributed by atoms with E-state index in [0.717, 1.165) is 25.3 Å². The first-order valence-corrected chi connectivity index (χ1v) is 12.0. The first-order chi connectivity index (χ1) is 15.0. The number of methoxy groups -OCH3 is 1. The van der Waals surface area contributed by atoms with Crippen LogP contribution in [-0.2, 0) is 16.1 Å². The standard InChI is InChI=1S/C23H25BrN2O4S/c1-3-30-23(28)15-8-10-25(11-9-15)22(27)18-12-20-17(13-21(24)31-20)26(18)14-16-6-4-5-7-19(16)29-2/h4-7,12-13,15H,3,8-11,14H2,1-2H3. The van der Waals surface area contributed by atoms with E-state index in [1.165, 1.54) is 0 Å². The number of para-hydroxylation sites is 1. The SMILES string of the molecule is CCOC(=O)C1CCN(C(=O)c2cc3sc(Br)cc3n2Cc2ccccc2OC)CC1. The zero-order valence-corrected chi connectivity index (χ0v) is 20.0. The Kier molecular flexibility index (Phi) is 6.67. The van der Waals surface area contributed by atoms with Crippen LogP contribution in [-0.4, -0.2) is 48.1 Å². The molecule has 1 aliphatic heterocycles. The first kappa shape index (κ1) is 21.9. The maximum Gasteiger partial charge on any atom is 0.309 e. The summed E-state index contributed by atoms with van der Waals surface area (Å²) < 4.78 is 14.8. The fourth-order valence-electron chi connectivity index (χ4n) is 4.10. The molecule has 3 aromatic rings. The van der Waals surface area contributed by atoms with Crippen molar-refractivity contribution < 1.29 is 19.1 Å². The Bertz CT molecular complexity index is 1100. The van der Waals surface area contributed by atoms with E-state index in [1.54, 1.807) is 18.4 Å². The van der Waals surface area contributed by atoms with E-state index in [2.05, 4.69) is 26.6 Å². The Hall–Kier alpha value is -2.32. The summed E-state index contributed by atoms with van der Waals surface area (Å²) in [6.45, 7) is 3.85. The topological polar surface area (TPSA) is 60.8 Å². The number of piperidine rings is 1. The second-order valence-electron chi connectivity index (χ2n) is 7.55. The molecule has 4 rings (SSSR count). The second kappa shape index (κ2) is 9.44. The molecule has 6 nitrogen and oxygen atoms in total. The second-order valence-corrected chi connectivity index (χ2v) is 10.0. The van der Waals surface area contributed by atoms with Crippen LogP contribution in [0.4, 0.5) is 0 Å². The summed E-state index contributed by atoms with van der Waals surface area (Å²) in [5.74, 6) is 0.521. The Labute approximate surface area is 193 Å². The van der Waals surface area contributed by atoms with E-state index in [4.69, 9.17) is 9.47 Å². The molecule has 1 aromatic carbocycles. The lowest BCUT2D eigenvalue weighted by molar-refractivity contribution is -0.149. The summed E-state index contributed by atoms with van der Waals surface area (Å²) in [5, 5.41) is 0. The van der Waals surface area contributed by atoms with E-state index in [0.29, 0.717) is 44.8 Å². The van der Waals surface area contributed by atoms with Gasteiger partial charge < -0.3 is 18.9 Å². The number of aromatic nitrogens is 1. The van der Waals surface area contributed by atoms with Crippen molar-refractivity contribution in [2.45, 2.75) is 26.3 Å². The van der Waals surface area contributed by atoms with Gasteiger partial charge in [0, 0.05) is 18.7 Å². The molecule has 0 aliphatic carbocycles. The maximum atomic E-state index is 13.5. The minimum absolute atomic E-state index is 0.00303. The number of esters is 1. The number of halogens is 1. The van der Waals surface area contributed by atoms with E-state index in [9.17, 15) is 9.59 Å². The van der Waals surface area contributed by atoms with Gasteiger partial charge in [-0.15, -0.1) is 11.3 Å². The normalized spacial score (nSPS) is 14.7. The van der Waals surface area contributed by atoms with Crippen LogP contribution in [0.1, 0.15) is 35.8 Å². The van der Waals surface area contributed by atoms with Crippen LogP contribution in [0.5, 0.6) is 5.75 Å². The van der Waals surface area contributed by atoms with Crippen LogP contribution < -0.4 is 4.74 Å². The molecule has 1 aliphatic rings. The summed E-state index contributed by atoms with van der Waals surface area (Å²) >= 11 is 5.18. The lowest BCUT2D eigenvalue weighted by Gasteiger charge is -2.31. The number of likely N-dealkylation sites (tertiary alicyclic amines) is 1. The quantitative estimate of drug-likeness (QED) is 0.446. The zero-order chi connectivity index (χ0) is 22.0. The Morgan fingerprint density at radius 1 is 1.19 bits per heavy atom. The number of fused-ring (bicyclic) bond motifs is 1. The summed E-state index contributed by atoms with van der Waals surface area (Å²) in [6, 6.07) is 11.9. The number of nitrogens with zero attached hydrogens (tertiary/aromatic N) is 2. The van der Waals surface area contributed by atoms with Gasteiger partial charge in [-0.1, -0.05) is 18.2 Å². The van der Waals surface area contributed by atoms with Gasteiger partial charge in [0.1, 0.15) is 11.4 Å². The van der Waals surface area contributed by atoms with Crippen LogP contribution in [0.2, 0.25) is 0 Å². The van der Waals surface area contributed by atoms with Gasteiger partial charge >= 0.3 is 5.97 Å². The highest BCUT2D eigenvalue weighted by molar-refractivity contribution is 9.11. The molecule has 164 valence electrons. The number of hydrogen-bond acceptors (Lipinski definition) is 5. The fraction of sp³-hybridized carbons (Fsp3) is 0.391. The number of ether oxygens (including phenoxy) is 2. The van der Waals surface area contributed by atoms with E-state index in [1.807, 2.05) is 42.2 Å². The molecule has 0 radical (unpaired) electrons. The van der Waals surface area contributed by atoms with Gasteiger partial charge in [0.2, 0.25) is 0 Å². The average Bonchev–Trinajstić information content (AvgIpc) is 3.30. The summed E-state index contributed by atoms with van der Waals surface area (Å²) in [7, 11) is 1.66. The molecular formula is C23H25BrN2O4S. The molecule has 3 heterocycles. The Morgan fingerprint density at radius 3 is 2.65 bits per heavy atom. The monoisotopic (exact) mass is 504 g/mol. The van der Waals surface area contributed by atoms with Crippen LogP contribution in [0.15, 0.2) is 40.2 Å². The summed E-state index contributed by atoms with van der Waals surface area (Å²) in [4.78, 5) is 27.4. The number of hydrogen-bond donors (Lipinski definition) is 0. The fourth-order valence-corrected chi connectivity index (χ4v) is 5.67. The molecule has 1 amide bonds. The van der Waals surface area contributed by atoms with Gasteiger partial charge in [0.15, 0.2) is 0 Å². The van der Waals surface area contributed by atoms with Crippen molar-refractivity contribution in [3.05, 3.63) is 51.4 Å². The highest BCUT2D eigenvalue weighted by atomic mass is 79.9. The predicted octanol–water partition coefficient (Wildman–Crippen LogP) is 4.94. The molecule has 0 unspecified atom stereocenters. The number of benzene rings is 1. The third kappa shape index (κ3) is 4.50. The summed E-state index contributed by atoms with van der Waals surface area (Å²) in [6.07, 6.45) is 1.27. The number of amides is 1. The van der Waals surface area contributed by atoms with Gasteiger partial charge in [0.25, 0.3) is 5.91 Å². The van der Waals surface area contributed by atoms with Crippen LogP contribution >= 0.6 is 27.3 Å². The molecule has 1 saturated heterocycles. The van der Waals surface area contributed by atoms with E-state index < -0.39 is 0 Å². The molecule has 0 spiro atoms. The zero-order valence-electron chi connectivity index (χ0n) is 17.6. The number of carbonyl (C=O) groups is 2. The molecule has 0 atom stereocenters. The van der Waals surface area contributed by atoms with E-state index in [-0.39, 0.29) is 17.8 Å². The van der Waals surface area contributed by atoms with Crippen molar-refractivity contribution >= 4 is 49.4 Å². The largest absolute Gasteiger partial charge is 0.496 e. The maximum absolute atomic E-state index is 13.5. The van der Waals surface area contributed by atoms with Crippen molar-refractivity contribution in [1.29, 1.82) is 0 Å². The van der Waals surface area contributed by atoms with Gasteiger partial charge in [-0.2, -0.15) is 0 Å². The van der Waals surface area contributed by atoms with Crippen molar-refractivity contribution in [2.75, 3.05) is 26.8 Å². The highest BCUT2D eigenvalue weighted by Gasteiger charge is 2.30. The smallest absolute Gasteiger partial charge is 0.309 e. The molecule has 0 bridgehead atoms. The van der Waals surface area contributed by atoms with Gasteiger partial charge in [0.05, 0.1) is 40.2 Å². The van der Waals surface area contributed by atoms with Crippen molar-refractivity contribution in [1.82, 2.24) is 9.47 Å². The molecule has 8 heteroatoms. The first-order valence-electron chi connectivity index (χ1n) is 10.4. The van der Waals surface area contributed by atoms with Crippen LogP contribution in [0, 0.1) is 5.92 Å². The number of rotatable bonds is 6. The highest BCUT2D eigenvalue weighted by Crippen LogP contribution is 2.34. The van der Waals surface area contributed by atoms with Gasteiger partial charge in [-0.05, 0) is 53.9 Å². The molecule has 2 aromatic heterocycles. The number of thiophene rings is 1. The lowest BCUT2D eigenvalue weighted by atomic mass is 9.97. The van der Waals surface area contributed by atoms with Crippen molar-refractivity contribution in [3.63, 3.8) is 0 Å². The average molecular weight is 505 g/mol. The third-order valence-corrected chi connectivity index (χ3v) is 7.28. The molecule has 0 saturated carbocycles. The Balaban J connectivity index is 1.60. The minimum atomic E-state index is -0.153. The minimum Gasteiger partial charge on any atom is -0.496 e. The van der Waals surface area contributed by atoms with Crippen molar-refractivity contribution in [2.24, 2.45) is 5.92 Å². The van der Waals surface area contributed by atoms with Gasteiger partial charge in [-0.3, -0.25) is 9.59 Å². The summed E-state index contributed by atoms with van der Waals surface area (Å²) in [5.41, 5.74) is 2.70. The molecular weight excluding hydrogens is 480 g/mol. The lowest BCUT2D eigenvalue weighted by Crippen LogP contribution is -2.41.